The van der Waals surface area contributed by atoms with Crippen molar-refractivity contribution < 1.29 is 0 Å². The molecule has 1 heterocycles. The van der Waals surface area contributed by atoms with Crippen LogP contribution in [-0.2, 0) is 6.54 Å². The van der Waals surface area contributed by atoms with Crippen LogP contribution in [0.5, 0.6) is 0 Å². The molecular formula is C14H17ClN4. The Morgan fingerprint density at radius 3 is 2.47 bits per heavy atom. The van der Waals surface area contributed by atoms with Gasteiger partial charge in [0, 0.05) is 0 Å². The number of amidine groups is 1. The van der Waals surface area contributed by atoms with Gasteiger partial charge in [-0.1, -0.05) is 41.9 Å². The van der Waals surface area contributed by atoms with Crippen LogP contribution >= 0.6 is 11.6 Å². The number of nitrogens with zero attached hydrogens (tertiary/aromatic N) is 2. The van der Waals surface area contributed by atoms with Gasteiger partial charge in [0.1, 0.15) is 5.84 Å². The molecule has 0 aliphatic carbocycles. The summed E-state index contributed by atoms with van der Waals surface area (Å²) in [7, 11) is 0. The van der Waals surface area contributed by atoms with Gasteiger partial charge >= 0.3 is 0 Å². The fourth-order valence-electron chi connectivity index (χ4n) is 2.09. The SMILES string of the molecule is Cc1nn(CC(C(=N)N)c2ccccc2)c(C)c1Cl. The van der Waals surface area contributed by atoms with Crippen molar-refractivity contribution in [2.45, 2.75) is 26.3 Å². The second-order valence-electron chi connectivity index (χ2n) is 4.59. The molecule has 0 bridgehead atoms. The summed E-state index contributed by atoms with van der Waals surface area (Å²) in [6, 6.07) is 9.78. The normalized spacial score (nSPS) is 12.4. The number of hydrogen-bond acceptors (Lipinski definition) is 2. The second-order valence-corrected chi connectivity index (χ2v) is 4.96. The Hall–Kier alpha value is -1.81. The van der Waals surface area contributed by atoms with Gasteiger partial charge in [0.05, 0.1) is 28.9 Å². The van der Waals surface area contributed by atoms with Crippen LogP contribution in [-0.4, -0.2) is 15.6 Å². The van der Waals surface area contributed by atoms with Crippen LogP contribution in [0.1, 0.15) is 22.9 Å². The Bertz CT molecular complexity index is 589. The predicted molar refractivity (Wildman–Crippen MR) is 77.8 cm³/mol. The van der Waals surface area contributed by atoms with Gasteiger partial charge in [-0.05, 0) is 19.4 Å². The van der Waals surface area contributed by atoms with Gasteiger partial charge in [0.15, 0.2) is 0 Å². The maximum Gasteiger partial charge on any atom is 0.100 e. The van der Waals surface area contributed by atoms with Crippen molar-refractivity contribution in [1.29, 1.82) is 5.41 Å². The first-order valence-corrected chi connectivity index (χ1v) is 6.47. The van der Waals surface area contributed by atoms with Crippen LogP contribution in [0.15, 0.2) is 30.3 Å². The molecule has 0 amide bonds. The van der Waals surface area contributed by atoms with E-state index in [1.54, 1.807) is 0 Å². The number of nitrogens with one attached hydrogen (secondary N) is 1. The molecular weight excluding hydrogens is 260 g/mol. The zero-order chi connectivity index (χ0) is 14.0. The van der Waals surface area contributed by atoms with E-state index >= 15 is 0 Å². The maximum atomic E-state index is 7.77. The van der Waals surface area contributed by atoms with E-state index in [0.29, 0.717) is 11.6 Å². The summed E-state index contributed by atoms with van der Waals surface area (Å²) in [6.07, 6.45) is 0. The smallest absolute Gasteiger partial charge is 0.100 e. The molecule has 19 heavy (non-hydrogen) atoms. The second kappa shape index (κ2) is 5.45. The molecule has 1 unspecified atom stereocenters. The number of aryl methyl sites for hydroxylation is 1. The standard InChI is InChI=1S/C14H17ClN4/c1-9-13(15)10(2)19(18-9)8-12(14(16)17)11-6-4-3-5-7-11/h3-7,12H,8H2,1-2H3,(H3,16,17). The van der Waals surface area contributed by atoms with Crippen LogP contribution in [0.2, 0.25) is 5.02 Å². The largest absolute Gasteiger partial charge is 0.387 e. The van der Waals surface area contributed by atoms with Crippen LogP contribution in [0.25, 0.3) is 0 Å². The highest BCUT2D eigenvalue weighted by atomic mass is 35.5. The number of nitrogens with two attached hydrogens (primary N) is 1. The minimum absolute atomic E-state index is 0.134. The summed E-state index contributed by atoms with van der Waals surface area (Å²) < 4.78 is 1.82. The van der Waals surface area contributed by atoms with Crippen LogP contribution < -0.4 is 5.73 Å². The fraction of sp³-hybridized carbons (Fsp3) is 0.286. The summed E-state index contributed by atoms with van der Waals surface area (Å²) in [5.74, 6) is -0.0508. The molecule has 3 N–H and O–H groups in total. The quantitative estimate of drug-likeness (QED) is 0.666. The molecule has 0 saturated heterocycles. The van der Waals surface area contributed by atoms with Crippen molar-refractivity contribution in [3.63, 3.8) is 0 Å². The lowest BCUT2D eigenvalue weighted by Gasteiger charge is -2.17. The highest BCUT2D eigenvalue weighted by Gasteiger charge is 2.18. The van der Waals surface area contributed by atoms with Gasteiger partial charge < -0.3 is 5.73 Å². The zero-order valence-electron chi connectivity index (χ0n) is 11.0. The third kappa shape index (κ3) is 2.79. The first kappa shape index (κ1) is 13.6. The number of aromatic nitrogens is 2. The Morgan fingerprint density at radius 1 is 1.37 bits per heavy atom. The van der Waals surface area contributed by atoms with Gasteiger partial charge in [-0.25, -0.2) is 0 Å². The molecule has 2 aromatic rings. The minimum Gasteiger partial charge on any atom is -0.387 e. The highest BCUT2D eigenvalue weighted by molar-refractivity contribution is 6.31. The summed E-state index contributed by atoms with van der Waals surface area (Å²) in [5, 5.41) is 12.8. The van der Waals surface area contributed by atoms with E-state index in [-0.39, 0.29) is 11.8 Å². The molecule has 0 aliphatic heterocycles. The van der Waals surface area contributed by atoms with Gasteiger partial charge in [0.25, 0.3) is 0 Å². The first-order valence-electron chi connectivity index (χ1n) is 6.09. The molecule has 0 spiro atoms. The Morgan fingerprint density at radius 2 is 2.00 bits per heavy atom. The van der Waals surface area contributed by atoms with Crippen molar-refractivity contribution in [3.8, 4) is 0 Å². The molecule has 5 heteroatoms. The molecule has 0 aliphatic rings. The Kier molecular flexibility index (Phi) is 3.90. The first-order chi connectivity index (χ1) is 9.00. The summed E-state index contributed by atoms with van der Waals surface area (Å²) >= 11 is 6.14. The highest BCUT2D eigenvalue weighted by Crippen LogP contribution is 2.23. The summed E-state index contributed by atoms with van der Waals surface area (Å²) in [4.78, 5) is 0. The predicted octanol–water partition coefficient (Wildman–Crippen LogP) is 2.87. The van der Waals surface area contributed by atoms with E-state index in [0.717, 1.165) is 17.0 Å². The molecule has 0 radical (unpaired) electrons. The van der Waals surface area contributed by atoms with Gasteiger partial charge in [-0.15, -0.1) is 0 Å². The van der Waals surface area contributed by atoms with Gasteiger partial charge in [-0.2, -0.15) is 5.10 Å². The average molecular weight is 277 g/mol. The lowest BCUT2D eigenvalue weighted by Crippen LogP contribution is -2.25. The van der Waals surface area contributed by atoms with Gasteiger partial charge in [-0.3, -0.25) is 10.1 Å². The number of benzene rings is 1. The molecule has 4 nitrogen and oxygen atoms in total. The lowest BCUT2D eigenvalue weighted by molar-refractivity contribution is 0.567. The van der Waals surface area contributed by atoms with E-state index in [9.17, 15) is 0 Å². The Balaban J connectivity index is 2.32. The maximum absolute atomic E-state index is 7.77. The molecule has 2 rings (SSSR count). The Labute approximate surface area is 117 Å². The molecule has 1 atom stereocenters. The van der Waals surface area contributed by atoms with E-state index in [1.807, 2.05) is 48.9 Å². The van der Waals surface area contributed by atoms with Crippen molar-refractivity contribution in [2.75, 3.05) is 0 Å². The third-order valence-electron chi connectivity index (χ3n) is 3.23. The van der Waals surface area contributed by atoms with Crippen molar-refractivity contribution in [3.05, 3.63) is 52.3 Å². The summed E-state index contributed by atoms with van der Waals surface area (Å²) in [6.45, 7) is 4.32. The fourth-order valence-corrected chi connectivity index (χ4v) is 2.23. The monoisotopic (exact) mass is 276 g/mol. The molecule has 100 valence electrons. The van der Waals surface area contributed by atoms with Crippen LogP contribution in [0, 0.1) is 19.3 Å². The number of rotatable bonds is 4. The van der Waals surface area contributed by atoms with E-state index in [4.69, 9.17) is 22.7 Å². The topological polar surface area (TPSA) is 67.7 Å². The molecule has 0 saturated carbocycles. The minimum atomic E-state index is -0.185. The van der Waals surface area contributed by atoms with Gasteiger partial charge in [0.2, 0.25) is 0 Å². The van der Waals surface area contributed by atoms with Crippen molar-refractivity contribution in [2.24, 2.45) is 5.73 Å². The lowest BCUT2D eigenvalue weighted by atomic mass is 9.98. The molecule has 1 aromatic heterocycles. The summed E-state index contributed by atoms with van der Waals surface area (Å²) in [5.41, 5.74) is 8.44. The zero-order valence-corrected chi connectivity index (χ0v) is 11.8. The molecule has 0 fully saturated rings. The van der Waals surface area contributed by atoms with Crippen LogP contribution in [0.4, 0.5) is 0 Å². The van der Waals surface area contributed by atoms with Crippen molar-refractivity contribution in [1.82, 2.24) is 9.78 Å². The van der Waals surface area contributed by atoms with E-state index < -0.39 is 0 Å². The van der Waals surface area contributed by atoms with Crippen LogP contribution in [0.3, 0.4) is 0 Å². The van der Waals surface area contributed by atoms with E-state index in [2.05, 4.69) is 5.10 Å². The van der Waals surface area contributed by atoms with E-state index in [1.165, 1.54) is 0 Å². The number of hydrogen-bond donors (Lipinski definition) is 2. The van der Waals surface area contributed by atoms with Crippen molar-refractivity contribution >= 4 is 17.4 Å². The number of halogens is 1. The molecule has 1 aromatic carbocycles. The third-order valence-corrected chi connectivity index (χ3v) is 3.77. The average Bonchev–Trinajstić information content (AvgIpc) is 2.64.